The summed E-state index contributed by atoms with van der Waals surface area (Å²) in [5.41, 5.74) is 6.68. The van der Waals surface area contributed by atoms with Crippen LogP contribution in [-0.4, -0.2) is 41.8 Å². The molecule has 284 valence electrons. The normalized spacial score (nSPS) is 14.7. The number of carbonyl (C=O) groups is 2. The van der Waals surface area contributed by atoms with Gasteiger partial charge in [0.15, 0.2) is 4.77 Å². The molecule has 0 spiro atoms. The molecule has 2 N–H and O–H groups in total. The highest BCUT2D eigenvalue weighted by molar-refractivity contribution is 7.71. The number of hydrogen-bond acceptors (Lipinski definition) is 7. The van der Waals surface area contributed by atoms with Gasteiger partial charge in [0.25, 0.3) is 0 Å². The van der Waals surface area contributed by atoms with Crippen LogP contribution in [-0.2, 0) is 32.0 Å². The Bertz CT molecular complexity index is 1780. The minimum absolute atomic E-state index is 0.128. The van der Waals surface area contributed by atoms with Crippen LogP contribution in [0.1, 0.15) is 134 Å². The third-order valence-electron chi connectivity index (χ3n) is 10.1. The number of nitrogens with one attached hydrogen (secondary N) is 2. The summed E-state index contributed by atoms with van der Waals surface area (Å²) >= 11 is 5.78. The van der Waals surface area contributed by atoms with Crippen LogP contribution < -0.4 is 10.1 Å². The highest BCUT2D eigenvalue weighted by atomic mass is 32.1. The highest BCUT2D eigenvalue weighted by Crippen LogP contribution is 2.45. The third-order valence-corrected chi connectivity index (χ3v) is 10.4. The van der Waals surface area contributed by atoms with E-state index in [1.807, 2.05) is 56.5 Å². The van der Waals surface area contributed by atoms with Crippen LogP contribution in [0.4, 0.5) is 0 Å². The number of unbranched alkanes of at least 4 members (excludes halogenated alkanes) is 12. The molecule has 1 aliphatic rings. The van der Waals surface area contributed by atoms with Gasteiger partial charge in [0, 0.05) is 17.0 Å². The van der Waals surface area contributed by atoms with E-state index in [1.165, 1.54) is 84.8 Å². The fourth-order valence-corrected chi connectivity index (χ4v) is 7.73. The second-order valence-electron chi connectivity index (χ2n) is 14.5. The van der Waals surface area contributed by atoms with Crippen LogP contribution in [0, 0.1) is 11.7 Å². The SMILES string of the molecule is CCCCCCCCCCCCCCCc1cccc(OC(C)C)c1C1C(C(=O)OC)=C(C)NC(Cn2c(=S)[nH]c3cc(C)ccc32)=C1C(=O)OC. The Labute approximate surface area is 316 Å². The molecule has 0 fully saturated rings. The number of benzene rings is 2. The van der Waals surface area contributed by atoms with E-state index in [-0.39, 0.29) is 12.6 Å². The predicted octanol–water partition coefficient (Wildman–Crippen LogP) is 10.7. The number of hydrogen-bond donors (Lipinski definition) is 2. The maximum absolute atomic E-state index is 14.0. The van der Waals surface area contributed by atoms with Gasteiger partial charge in [0.05, 0.1) is 55.0 Å². The van der Waals surface area contributed by atoms with Crippen molar-refractivity contribution >= 4 is 35.2 Å². The van der Waals surface area contributed by atoms with Crippen molar-refractivity contribution in [3.05, 3.63) is 80.4 Å². The van der Waals surface area contributed by atoms with E-state index in [9.17, 15) is 9.59 Å². The zero-order chi connectivity index (χ0) is 37.6. The zero-order valence-corrected chi connectivity index (χ0v) is 33.4. The van der Waals surface area contributed by atoms with Crippen LogP contribution in [0.2, 0.25) is 0 Å². The van der Waals surface area contributed by atoms with Gasteiger partial charge in [-0.1, -0.05) is 102 Å². The summed E-state index contributed by atoms with van der Waals surface area (Å²) in [5.74, 6) is -1.19. The largest absolute Gasteiger partial charge is 0.491 e. The van der Waals surface area contributed by atoms with Gasteiger partial charge >= 0.3 is 11.9 Å². The quantitative estimate of drug-likeness (QED) is 0.0640. The first-order valence-corrected chi connectivity index (χ1v) is 19.9. The number of rotatable bonds is 21. The first-order chi connectivity index (χ1) is 25.1. The van der Waals surface area contributed by atoms with E-state index in [0.717, 1.165) is 47.0 Å². The summed E-state index contributed by atoms with van der Waals surface area (Å²) < 4.78 is 19.8. The van der Waals surface area contributed by atoms with Gasteiger partial charge in [-0.15, -0.1) is 0 Å². The van der Waals surface area contributed by atoms with Crippen molar-refractivity contribution in [1.82, 2.24) is 14.9 Å². The molecule has 2 aromatic carbocycles. The predicted molar refractivity (Wildman–Crippen MR) is 213 cm³/mol. The van der Waals surface area contributed by atoms with E-state index in [2.05, 4.69) is 29.4 Å². The number of ether oxygens (including phenoxy) is 3. The van der Waals surface area contributed by atoms with E-state index in [0.29, 0.717) is 33.1 Å². The number of carbonyl (C=O) groups excluding carboxylic acids is 2. The molecule has 2 heterocycles. The van der Waals surface area contributed by atoms with E-state index < -0.39 is 17.9 Å². The number of allylic oxidation sites excluding steroid dienone is 2. The van der Waals surface area contributed by atoms with E-state index in [1.54, 1.807) is 0 Å². The van der Waals surface area contributed by atoms with Crippen molar-refractivity contribution < 1.29 is 23.8 Å². The second-order valence-corrected chi connectivity index (χ2v) is 14.9. The summed E-state index contributed by atoms with van der Waals surface area (Å²) in [7, 11) is 2.74. The Morgan fingerprint density at radius 3 is 2.02 bits per heavy atom. The molecule has 0 radical (unpaired) electrons. The molecule has 9 heteroatoms. The lowest BCUT2D eigenvalue weighted by molar-refractivity contribution is -0.137. The Balaban J connectivity index is 1.65. The number of methoxy groups -OCH3 is 2. The number of dihydropyridines is 1. The van der Waals surface area contributed by atoms with E-state index in [4.69, 9.17) is 26.4 Å². The van der Waals surface area contributed by atoms with Gasteiger partial charge in [-0.25, -0.2) is 9.59 Å². The molecule has 0 amide bonds. The Hall–Kier alpha value is -3.85. The van der Waals surface area contributed by atoms with Crippen LogP contribution in [0.3, 0.4) is 0 Å². The molecule has 1 unspecified atom stereocenters. The summed E-state index contributed by atoms with van der Waals surface area (Å²) in [6.45, 7) is 10.4. The molecule has 0 saturated heterocycles. The maximum atomic E-state index is 14.0. The lowest BCUT2D eigenvalue weighted by Gasteiger charge is -2.33. The van der Waals surface area contributed by atoms with Gasteiger partial charge in [-0.05, 0) is 82.1 Å². The third kappa shape index (κ3) is 10.6. The summed E-state index contributed by atoms with van der Waals surface area (Å²) in [6.07, 6.45) is 17.3. The molecule has 8 nitrogen and oxygen atoms in total. The van der Waals surface area contributed by atoms with Crippen molar-refractivity contribution in [3.8, 4) is 5.75 Å². The monoisotopic (exact) mass is 731 g/mol. The number of esters is 2. The topological polar surface area (TPSA) is 94.6 Å². The van der Waals surface area contributed by atoms with Gasteiger partial charge in [-0.2, -0.15) is 0 Å². The van der Waals surface area contributed by atoms with Crippen molar-refractivity contribution in [1.29, 1.82) is 0 Å². The molecule has 52 heavy (non-hydrogen) atoms. The first kappa shape index (κ1) is 40.9. The molecule has 0 bridgehead atoms. The Morgan fingerprint density at radius 2 is 1.42 bits per heavy atom. The van der Waals surface area contributed by atoms with Crippen LogP contribution >= 0.6 is 12.2 Å². The number of aromatic amines is 1. The summed E-state index contributed by atoms with van der Waals surface area (Å²) in [6, 6.07) is 12.2. The first-order valence-electron chi connectivity index (χ1n) is 19.5. The zero-order valence-electron chi connectivity index (χ0n) is 32.6. The standard InChI is InChI=1S/C43H61N3O5S/c1-8-9-10-11-12-13-14-15-16-17-18-19-20-22-32-23-21-24-36(51-29(2)3)38(32)40-37(41(47)49-6)31(5)44-34(39(40)42(48)50-7)28-46-35-26-25-30(4)27-33(35)45-43(46)52/h21,23-27,29,40,44H,8-20,22,28H2,1-7H3,(H,45,52). The fraction of sp³-hybridized carbons (Fsp3) is 0.558. The highest BCUT2D eigenvalue weighted by Gasteiger charge is 2.41. The second kappa shape index (κ2) is 20.4. The number of aryl methyl sites for hydroxylation is 2. The lowest BCUT2D eigenvalue weighted by atomic mass is 9.77. The molecule has 0 saturated carbocycles. The van der Waals surface area contributed by atoms with Crippen molar-refractivity contribution in [2.75, 3.05) is 14.2 Å². The Morgan fingerprint density at radius 1 is 0.827 bits per heavy atom. The van der Waals surface area contributed by atoms with Crippen molar-refractivity contribution in [2.45, 2.75) is 143 Å². The molecule has 1 aliphatic heterocycles. The number of fused-ring (bicyclic) bond motifs is 1. The van der Waals surface area contributed by atoms with Gasteiger partial charge in [-0.3, -0.25) is 0 Å². The molecule has 1 aromatic heterocycles. The van der Waals surface area contributed by atoms with Gasteiger partial charge in [0.1, 0.15) is 5.75 Å². The summed E-state index contributed by atoms with van der Waals surface area (Å²) in [4.78, 5) is 31.0. The number of imidazole rings is 1. The van der Waals surface area contributed by atoms with Gasteiger partial charge in [0.2, 0.25) is 0 Å². The lowest BCUT2D eigenvalue weighted by Crippen LogP contribution is -2.35. The van der Waals surface area contributed by atoms with Crippen LogP contribution in [0.25, 0.3) is 11.0 Å². The molecular formula is C43H61N3O5S. The van der Waals surface area contributed by atoms with Crippen LogP contribution in [0.5, 0.6) is 5.75 Å². The molecule has 4 rings (SSSR count). The van der Waals surface area contributed by atoms with Crippen molar-refractivity contribution in [3.63, 3.8) is 0 Å². The Kier molecular flexibility index (Phi) is 16.1. The fourth-order valence-electron chi connectivity index (χ4n) is 7.46. The van der Waals surface area contributed by atoms with Crippen LogP contribution in [0.15, 0.2) is 58.9 Å². The minimum Gasteiger partial charge on any atom is -0.491 e. The number of aromatic nitrogens is 2. The molecule has 3 aromatic rings. The van der Waals surface area contributed by atoms with Gasteiger partial charge < -0.3 is 29.1 Å². The van der Waals surface area contributed by atoms with Crippen molar-refractivity contribution in [2.24, 2.45) is 0 Å². The molecule has 0 aliphatic carbocycles. The smallest absolute Gasteiger partial charge is 0.336 e. The van der Waals surface area contributed by atoms with E-state index >= 15 is 0 Å². The average Bonchev–Trinajstić information content (AvgIpc) is 3.42. The summed E-state index contributed by atoms with van der Waals surface area (Å²) in [5, 5.41) is 3.40. The number of H-pyrrole nitrogens is 1. The minimum atomic E-state index is -0.787. The maximum Gasteiger partial charge on any atom is 0.336 e. The molecule has 1 atom stereocenters. The molecular weight excluding hydrogens is 671 g/mol. The average molecular weight is 732 g/mol. The number of nitrogens with zero attached hydrogens (tertiary/aromatic N) is 1.